The smallest absolute Gasteiger partial charge is 0.131 e. The number of aliphatic hydroxyl groups excluding tert-OH is 2. The Balaban J connectivity index is 2.94. The van der Waals surface area contributed by atoms with Crippen molar-refractivity contribution in [3.63, 3.8) is 0 Å². The number of rotatable bonds is 6. The summed E-state index contributed by atoms with van der Waals surface area (Å²) < 4.78 is 0. The number of anilines is 1. The highest BCUT2D eigenvalue weighted by atomic mass is 16.3. The van der Waals surface area contributed by atoms with Crippen LogP contribution in [0.5, 0.6) is 0 Å². The molecular formula is C12H18N2O2. The predicted octanol–water partition coefficient (Wildman–Crippen LogP) is 0.867. The second-order valence-electron chi connectivity index (χ2n) is 3.60. The molecule has 16 heavy (non-hydrogen) atoms. The zero-order valence-corrected chi connectivity index (χ0v) is 9.56. The van der Waals surface area contributed by atoms with E-state index in [1.165, 1.54) is 0 Å². The third-order valence-corrected chi connectivity index (χ3v) is 2.31. The van der Waals surface area contributed by atoms with Gasteiger partial charge in [-0.15, -0.1) is 6.58 Å². The number of aryl methyl sites for hydroxylation is 1. The van der Waals surface area contributed by atoms with Gasteiger partial charge in [0.15, 0.2) is 0 Å². The highest BCUT2D eigenvalue weighted by molar-refractivity contribution is 5.47. The molecule has 0 aromatic carbocycles. The van der Waals surface area contributed by atoms with Gasteiger partial charge in [-0.1, -0.05) is 6.08 Å². The maximum Gasteiger partial charge on any atom is 0.131 e. The Morgan fingerprint density at radius 3 is 2.75 bits per heavy atom. The van der Waals surface area contributed by atoms with Gasteiger partial charge in [0.2, 0.25) is 0 Å². The fraction of sp³-hybridized carbons (Fsp3) is 0.417. The van der Waals surface area contributed by atoms with Crippen molar-refractivity contribution in [1.82, 2.24) is 4.98 Å². The molecule has 1 heterocycles. The van der Waals surface area contributed by atoms with Crippen LogP contribution < -0.4 is 4.90 Å². The lowest BCUT2D eigenvalue weighted by Gasteiger charge is -2.23. The molecule has 1 rings (SSSR count). The van der Waals surface area contributed by atoms with E-state index < -0.39 is 0 Å². The van der Waals surface area contributed by atoms with Crippen molar-refractivity contribution < 1.29 is 10.2 Å². The van der Waals surface area contributed by atoms with E-state index in [9.17, 15) is 0 Å². The third-order valence-electron chi connectivity index (χ3n) is 2.31. The lowest BCUT2D eigenvalue weighted by atomic mass is 10.2. The number of hydrogen-bond acceptors (Lipinski definition) is 4. The van der Waals surface area contributed by atoms with Crippen LogP contribution >= 0.6 is 0 Å². The van der Waals surface area contributed by atoms with Gasteiger partial charge in [-0.25, -0.2) is 4.98 Å². The van der Waals surface area contributed by atoms with Gasteiger partial charge in [0.25, 0.3) is 0 Å². The van der Waals surface area contributed by atoms with Gasteiger partial charge in [0.05, 0.1) is 13.2 Å². The molecule has 0 bridgehead atoms. The van der Waals surface area contributed by atoms with Crippen LogP contribution in [-0.2, 0) is 6.61 Å². The van der Waals surface area contributed by atoms with Gasteiger partial charge in [-0.05, 0) is 24.1 Å². The molecule has 0 spiro atoms. The summed E-state index contributed by atoms with van der Waals surface area (Å²) in [5.74, 6) is 0.825. The van der Waals surface area contributed by atoms with E-state index in [0.29, 0.717) is 13.1 Å². The Morgan fingerprint density at radius 2 is 2.25 bits per heavy atom. The Labute approximate surface area is 95.9 Å². The van der Waals surface area contributed by atoms with Crippen LogP contribution in [0.25, 0.3) is 0 Å². The second kappa shape index (κ2) is 6.25. The van der Waals surface area contributed by atoms with Crippen molar-refractivity contribution in [1.29, 1.82) is 0 Å². The Kier molecular flexibility index (Phi) is 4.95. The van der Waals surface area contributed by atoms with Gasteiger partial charge in [0.1, 0.15) is 5.82 Å². The molecule has 1 aromatic rings. The number of nitrogens with zero attached hydrogens (tertiary/aromatic N) is 2. The summed E-state index contributed by atoms with van der Waals surface area (Å²) in [5.41, 5.74) is 1.78. The minimum atomic E-state index is -0.00439. The van der Waals surface area contributed by atoms with E-state index in [-0.39, 0.29) is 13.2 Å². The van der Waals surface area contributed by atoms with Crippen LogP contribution in [0.4, 0.5) is 5.82 Å². The standard InChI is InChI=1S/C12H18N2O2/c1-3-4-14(5-6-15)12-10(2)7-11(9-16)8-13-12/h3,7-8,15-16H,1,4-6,9H2,2H3. The lowest BCUT2D eigenvalue weighted by Crippen LogP contribution is -2.28. The summed E-state index contributed by atoms with van der Waals surface area (Å²) >= 11 is 0. The number of aromatic nitrogens is 1. The minimum absolute atomic E-state index is 0.00439. The third kappa shape index (κ3) is 3.05. The van der Waals surface area contributed by atoms with Crippen LogP contribution in [0.15, 0.2) is 24.9 Å². The summed E-state index contributed by atoms with van der Waals surface area (Å²) in [5, 5.41) is 18.0. The molecule has 1 aromatic heterocycles. The average molecular weight is 222 g/mol. The van der Waals surface area contributed by atoms with Crippen molar-refractivity contribution in [3.05, 3.63) is 36.0 Å². The summed E-state index contributed by atoms with van der Waals surface area (Å²) in [7, 11) is 0. The van der Waals surface area contributed by atoms with E-state index in [0.717, 1.165) is 16.9 Å². The first-order valence-electron chi connectivity index (χ1n) is 5.26. The van der Waals surface area contributed by atoms with Gasteiger partial charge >= 0.3 is 0 Å². The van der Waals surface area contributed by atoms with Crippen molar-refractivity contribution >= 4 is 5.82 Å². The molecule has 0 aliphatic rings. The van der Waals surface area contributed by atoms with E-state index in [2.05, 4.69) is 11.6 Å². The van der Waals surface area contributed by atoms with Crippen molar-refractivity contribution in [2.45, 2.75) is 13.5 Å². The number of pyridine rings is 1. The molecule has 0 saturated heterocycles. The molecule has 0 aliphatic heterocycles. The first kappa shape index (κ1) is 12.7. The Hall–Kier alpha value is -1.39. The lowest BCUT2D eigenvalue weighted by molar-refractivity contribution is 0.281. The van der Waals surface area contributed by atoms with Gasteiger partial charge in [0, 0.05) is 19.3 Å². The minimum Gasteiger partial charge on any atom is -0.395 e. The van der Waals surface area contributed by atoms with Crippen LogP contribution in [0.2, 0.25) is 0 Å². The quantitative estimate of drug-likeness (QED) is 0.701. The van der Waals surface area contributed by atoms with Gasteiger partial charge in [-0.2, -0.15) is 0 Å². The monoisotopic (exact) mass is 222 g/mol. The topological polar surface area (TPSA) is 56.6 Å². The highest BCUT2D eigenvalue weighted by Gasteiger charge is 2.09. The molecule has 0 amide bonds. The maximum absolute atomic E-state index is 8.99. The molecule has 4 heteroatoms. The second-order valence-corrected chi connectivity index (χ2v) is 3.60. The molecule has 4 nitrogen and oxygen atoms in total. The molecule has 0 unspecified atom stereocenters. The summed E-state index contributed by atoms with van der Waals surface area (Å²) in [6.07, 6.45) is 3.42. The highest BCUT2D eigenvalue weighted by Crippen LogP contribution is 2.17. The molecular weight excluding hydrogens is 204 g/mol. The van der Waals surface area contributed by atoms with Crippen LogP contribution in [-0.4, -0.2) is 34.9 Å². The van der Waals surface area contributed by atoms with E-state index in [1.54, 1.807) is 12.3 Å². The summed E-state index contributed by atoms with van der Waals surface area (Å²) in [4.78, 5) is 6.24. The van der Waals surface area contributed by atoms with E-state index in [1.807, 2.05) is 17.9 Å². The zero-order valence-electron chi connectivity index (χ0n) is 9.56. The SMILES string of the molecule is C=CCN(CCO)c1ncc(CO)cc1C. The van der Waals surface area contributed by atoms with Crippen molar-refractivity contribution in [2.24, 2.45) is 0 Å². The maximum atomic E-state index is 8.99. The molecule has 88 valence electrons. The first-order valence-corrected chi connectivity index (χ1v) is 5.26. The molecule has 0 atom stereocenters. The number of hydrogen-bond donors (Lipinski definition) is 2. The first-order chi connectivity index (χ1) is 7.72. The summed E-state index contributed by atoms with van der Waals surface area (Å²) in [6.45, 7) is 6.87. The van der Waals surface area contributed by atoms with E-state index >= 15 is 0 Å². The predicted molar refractivity (Wildman–Crippen MR) is 64.4 cm³/mol. The zero-order chi connectivity index (χ0) is 12.0. The molecule has 0 fully saturated rings. The largest absolute Gasteiger partial charge is 0.395 e. The van der Waals surface area contributed by atoms with E-state index in [4.69, 9.17) is 10.2 Å². The average Bonchev–Trinajstić information content (AvgIpc) is 2.29. The molecule has 0 aliphatic carbocycles. The van der Waals surface area contributed by atoms with Crippen molar-refractivity contribution in [3.8, 4) is 0 Å². The van der Waals surface area contributed by atoms with Crippen LogP contribution in [0.1, 0.15) is 11.1 Å². The normalized spacial score (nSPS) is 10.2. The summed E-state index contributed by atoms with van der Waals surface area (Å²) in [6, 6.07) is 1.90. The molecule has 0 radical (unpaired) electrons. The van der Waals surface area contributed by atoms with Crippen LogP contribution in [0.3, 0.4) is 0 Å². The van der Waals surface area contributed by atoms with Crippen molar-refractivity contribution in [2.75, 3.05) is 24.6 Å². The fourth-order valence-electron chi connectivity index (χ4n) is 1.60. The fourth-order valence-corrected chi connectivity index (χ4v) is 1.60. The number of aliphatic hydroxyl groups is 2. The van der Waals surface area contributed by atoms with Gasteiger partial charge in [-0.3, -0.25) is 0 Å². The van der Waals surface area contributed by atoms with Crippen LogP contribution in [0, 0.1) is 6.92 Å². The molecule has 2 N–H and O–H groups in total. The Bertz CT molecular complexity index is 353. The van der Waals surface area contributed by atoms with Gasteiger partial charge < -0.3 is 15.1 Å². The Morgan fingerprint density at radius 1 is 1.50 bits per heavy atom. The molecule has 0 saturated carbocycles.